The second-order valence-corrected chi connectivity index (χ2v) is 6.05. The lowest BCUT2D eigenvalue weighted by atomic mass is 10.1. The highest BCUT2D eigenvalue weighted by molar-refractivity contribution is 6.29. The van der Waals surface area contributed by atoms with Crippen LogP contribution in [0.5, 0.6) is 0 Å². The predicted octanol–water partition coefficient (Wildman–Crippen LogP) is 3.77. The Bertz CT molecular complexity index is 1150. The minimum absolute atomic E-state index is 0.0647. The van der Waals surface area contributed by atoms with Gasteiger partial charge < -0.3 is 10.5 Å². The topological polar surface area (TPSA) is 91.0 Å². The van der Waals surface area contributed by atoms with Crippen LogP contribution in [0.25, 0.3) is 21.8 Å². The molecule has 0 unspecified atom stereocenters. The van der Waals surface area contributed by atoms with Crippen LogP contribution in [-0.2, 0) is 11.3 Å². The summed E-state index contributed by atoms with van der Waals surface area (Å²) in [5, 5.41) is 1.97. The molecule has 7 heteroatoms. The van der Waals surface area contributed by atoms with Crippen molar-refractivity contribution in [2.24, 2.45) is 0 Å². The lowest BCUT2D eigenvalue weighted by Crippen LogP contribution is -2.08. The van der Waals surface area contributed by atoms with Crippen molar-refractivity contribution >= 4 is 45.2 Å². The standard InChI is InChI=1S/C19H13ClN4O2/c20-16-8-6-11-9-12(5-7-14(11)22-16)19(25)26-10-17-23-15-4-2-1-3-13(15)18(21)24-17/h1-9H,10H2,(H2,21,23,24). The van der Waals surface area contributed by atoms with E-state index in [0.29, 0.717) is 33.4 Å². The zero-order chi connectivity index (χ0) is 18.1. The van der Waals surface area contributed by atoms with Crippen LogP contribution in [0.3, 0.4) is 0 Å². The van der Waals surface area contributed by atoms with Crippen LogP contribution in [0.4, 0.5) is 5.82 Å². The molecule has 0 amide bonds. The molecule has 2 aromatic carbocycles. The number of nitrogen functional groups attached to an aromatic ring is 1. The van der Waals surface area contributed by atoms with E-state index in [4.69, 9.17) is 22.1 Å². The first kappa shape index (κ1) is 16.2. The molecule has 26 heavy (non-hydrogen) atoms. The smallest absolute Gasteiger partial charge is 0.338 e. The van der Waals surface area contributed by atoms with Crippen molar-refractivity contribution in [1.82, 2.24) is 15.0 Å². The second kappa shape index (κ2) is 6.57. The molecule has 0 aliphatic rings. The summed E-state index contributed by atoms with van der Waals surface area (Å²) in [5.74, 6) is 0.233. The van der Waals surface area contributed by atoms with Crippen LogP contribution in [0, 0.1) is 0 Å². The number of carbonyl (C=O) groups is 1. The molecular formula is C19H13ClN4O2. The Morgan fingerprint density at radius 1 is 1.00 bits per heavy atom. The zero-order valence-corrected chi connectivity index (χ0v) is 14.3. The lowest BCUT2D eigenvalue weighted by molar-refractivity contribution is 0.0463. The molecule has 4 rings (SSSR count). The maximum Gasteiger partial charge on any atom is 0.338 e. The molecule has 2 heterocycles. The van der Waals surface area contributed by atoms with Crippen LogP contribution in [-0.4, -0.2) is 20.9 Å². The van der Waals surface area contributed by atoms with Gasteiger partial charge in [0.2, 0.25) is 0 Å². The molecule has 0 aliphatic heterocycles. The van der Waals surface area contributed by atoms with Crippen LogP contribution in [0.2, 0.25) is 5.15 Å². The molecule has 0 bridgehead atoms. The van der Waals surface area contributed by atoms with Gasteiger partial charge in [-0.25, -0.2) is 19.7 Å². The molecule has 0 saturated heterocycles. The number of rotatable bonds is 3. The number of halogens is 1. The average molecular weight is 365 g/mol. The molecule has 0 fully saturated rings. The summed E-state index contributed by atoms with van der Waals surface area (Å²) in [7, 11) is 0. The monoisotopic (exact) mass is 364 g/mol. The molecule has 0 spiro atoms. The summed E-state index contributed by atoms with van der Waals surface area (Å²) in [6, 6.07) is 15.9. The third-order valence-corrected chi connectivity index (χ3v) is 4.11. The Hall–Kier alpha value is -3.25. The van der Waals surface area contributed by atoms with Gasteiger partial charge in [-0.15, -0.1) is 0 Å². The number of fused-ring (bicyclic) bond motifs is 2. The van der Waals surface area contributed by atoms with Gasteiger partial charge in [0.1, 0.15) is 11.0 Å². The number of hydrogen-bond donors (Lipinski definition) is 1. The summed E-state index contributed by atoms with van der Waals surface area (Å²) >= 11 is 5.87. The number of carbonyl (C=O) groups excluding carboxylic acids is 1. The zero-order valence-electron chi connectivity index (χ0n) is 13.5. The third kappa shape index (κ3) is 3.14. The molecule has 0 aliphatic carbocycles. The van der Waals surface area contributed by atoms with Gasteiger partial charge in [-0.2, -0.15) is 0 Å². The Morgan fingerprint density at radius 2 is 1.85 bits per heavy atom. The number of pyridine rings is 1. The molecule has 4 aromatic rings. The Labute approximate surface area is 153 Å². The van der Waals surface area contributed by atoms with Gasteiger partial charge in [0.15, 0.2) is 12.4 Å². The van der Waals surface area contributed by atoms with E-state index in [1.54, 1.807) is 30.3 Å². The summed E-state index contributed by atoms with van der Waals surface area (Å²) in [4.78, 5) is 25.1. The molecule has 6 nitrogen and oxygen atoms in total. The summed E-state index contributed by atoms with van der Waals surface area (Å²) in [5.41, 5.74) is 7.77. The van der Waals surface area contributed by atoms with Crippen molar-refractivity contribution in [2.75, 3.05) is 5.73 Å². The second-order valence-electron chi connectivity index (χ2n) is 5.66. The van der Waals surface area contributed by atoms with Crippen molar-refractivity contribution in [3.63, 3.8) is 0 Å². The van der Waals surface area contributed by atoms with Gasteiger partial charge in [0, 0.05) is 10.8 Å². The summed E-state index contributed by atoms with van der Waals surface area (Å²) in [6.07, 6.45) is 0. The molecular weight excluding hydrogens is 352 g/mol. The highest BCUT2D eigenvalue weighted by Crippen LogP contribution is 2.19. The molecule has 0 atom stereocenters. The van der Waals surface area contributed by atoms with E-state index in [1.807, 2.05) is 24.3 Å². The van der Waals surface area contributed by atoms with E-state index in [-0.39, 0.29) is 6.61 Å². The normalized spacial score (nSPS) is 11.0. The van der Waals surface area contributed by atoms with Crippen molar-refractivity contribution < 1.29 is 9.53 Å². The van der Waals surface area contributed by atoms with E-state index in [9.17, 15) is 4.79 Å². The minimum Gasteiger partial charge on any atom is -0.454 e. The Kier molecular flexibility index (Phi) is 4.10. The van der Waals surface area contributed by atoms with Gasteiger partial charge in [0.25, 0.3) is 0 Å². The maximum absolute atomic E-state index is 12.3. The molecule has 0 radical (unpaired) electrons. The lowest BCUT2D eigenvalue weighted by Gasteiger charge is -2.07. The Morgan fingerprint density at radius 3 is 2.73 bits per heavy atom. The van der Waals surface area contributed by atoms with Gasteiger partial charge in [-0.05, 0) is 42.5 Å². The predicted molar refractivity (Wildman–Crippen MR) is 99.8 cm³/mol. The molecule has 0 saturated carbocycles. The van der Waals surface area contributed by atoms with Gasteiger partial charge >= 0.3 is 5.97 Å². The van der Waals surface area contributed by atoms with E-state index < -0.39 is 5.97 Å². The highest BCUT2D eigenvalue weighted by atomic mass is 35.5. The first-order chi connectivity index (χ1) is 12.6. The van der Waals surface area contributed by atoms with Crippen molar-refractivity contribution in [3.8, 4) is 0 Å². The number of esters is 1. The van der Waals surface area contributed by atoms with Crippen LogP contribution < -0.4 is 5.73 Å². The molecule has 2 N–H and O–H groups in total. The number of aromatic nitrogens is 3. The van der Waals surface area contributed by atoms with Gasteiger partial charge in [-0.3, -0.25) is 0 Å². The maximum atomic E-state index is 12.3. The fourth-order valence-corrected chi connectivity index (χ4v) is 2.81. The van der Waals surface area contributed by atoms with Crippen LogP contribution in [0.15, 0.2) is 54.6 Å². The fourth-order valence-electron chi connectivity index (χ4n) is 2.66. The van der Waals surface area contributed by atoms with Crippen molar-refractivity contribution in [3.05, 3.63) is 71.1 Å². The van der Waals surface area contributed by atoms with E-state index >= 15 is 0 Å². The number of ether oxygens (including phenoxy) is 1. The summed E-state index contributed by atoms with van der Waals surface area (Å²) in [6.45, 7) is -0.0647. The van der Waals surface area contributed by atoms with E-state index in [0.717, 1.165) is 10.8 Å². The molecule has 128 valence electrons. The number of hydrogen-bond acceptors (Lipinski definition) is 6. The average Bonchev–Trinajstić information content (AvgIpc) is 2.65. The number of benzene rings is 2. The van der Waals surface area contributed by atoms with Gasteiger partial charge in [-0.1, -0.05) is 23.7 Å². The van der Waals surface area contributed by atoms with Crippen LogP contribution >= 0.6 is 11.6 Å². The fraction of sp³-hybridized carbons (Fsp3) is 0.0526. The number of nitrogens with zero attached hydrogens (tertiary/aromatic N) is 3. The number of nitrogens with two attached hydrogens (primary N) is 1. The van der Waals surface area contributed by atoms with E-state index in [1.165, 1.54) is 0 Å². The third-order valence-electron chi connectivity index (χ3n) is 3.90. The van der Waals surface area contributed by atoms with E-state index in [2.05, 4.69) is 15.0 Å². The van der Waals surface area contributed by atoms with Crippen molar-refractivity contribution in [1.29, 1.82) is 0 Å². The van der Waals surface area contributed by atoms with Crippen LogP contribution in [0.1, 0.15) is 16.2 Å². The minimum atomic E-state index is -0.475. The SMILES string of the molecule is Nc1nc(COC(=O)c2ccc3nc(Cl)ccc3c2)nc2ccccc12. The number of anilines is 1. The molecule has 2 aromatic heterocycles. The highest BCUT2D eigenvalue weighted by Gasteiger charge is 2.11. The van der Waals surface area contributed by atoms with Gasteiger partial charge in [0.05, 0.1) is 16.6 Å². The first-order valence-corrected chi connectivity index (χ1v) is 8.22. The quantitative estimate of drug-likeness (QED) is 0.439. The Balaban J connectivity index is 1.54. The summed E-state index contributed by atoms with van der Waals surface area (Å²) < 4.78 is 5.32. The number of para-hydroxylation sites is 1. The first-order valence-electron chi connectivity index (χ1n) is 7.85. The largest absolute Gasteiger partial charge is 0.454 e. The van der Waals surface area contributed by atoms with Crippen molar-refractivity contribution in [2.45, 2.75) is 6.61 Å².